The SMILES string of the molecule is COC(=O)C1=C(N)Oc2cc(C)n(Cc3ccccc3)c(=O)c2C1c1cccc([N+](=O)[O-])c1. The number of nitrogens with two attached hydrogens (primary N) is 1. The predicted molar refractivity (Wildman–Crippen MR) is 120 cm³/mol. The molecule has 0 amide bonds. The number of non-ortho nitro benzene ring substituents is 1. The first kappa shape index (κ1) is 21.8. The van der Waals surface area contributed by atoms with Gasteiger partial charge in [0.15, 0.2) is 0 Å². The predicted octanol–water partition coefficient (Wildman–Crippen LogP) is 2.98. The number of carbonyl (C=O) groups excluding carboxylic acids is 1. The van der Waals surface area contributed by atoms with Crippen molar-refractivity contribution < 1.29 is 19.2 Å². The summed E-state index contributed by atoms with van der Waals surface area (Å²) in [4.78, 5) is 37.2. The fourth-order valence-corrected chi connectivity index (χ4v) is 4.01. The molecule has 33 heavy (non-hydrogen) atoms. The Hall–Kier alpha value is -4.40. The van der Waals surface area contributed by atoms with Crippen LogP contribution < -0.4 is 16.0 Å². The molecule has 0 bridgehead atoms. The number of carbonyl (C=O) groups is 1. The lowest BCUT2D eigenvalue weighted by Crippen LogP contribution is -2.35. The highest BCUT2D eigenvalue weighted by Crippen LogP contribution is 2.42. The quantitative estimate of drug-likeness (QED) is 0.362. The second kappa shape index (κ2) is 8.62. The highest BCUT2D eigenvalue weighted by atomic mass is 16.6. The maximum absolute atomic E-state index is 13.7. The Labute approximate surface area is 188 Å². The van der Waals surface area contributed by atoms with Gasteiger partial charge in [-0.15, -0.1) is 0 Å². The monoisotopic (exact) mass is 447 g/mol. The summed E-state index contributed by atoms with van der Waals surface area (Å²) in [5, 5.41) is 11.4. The number of nitro benzene ring substituents is 1. The second-order valence-electron chi connectivity index (χ2n) is 7.60. The van der Waals surface area contributed by atoms with Crippen molar-refractivity contribution in [1.82, 2.24) is 4.57 Å². The van der Waals surface area contributed by atoms with Gasteiger partial charge < -0.3 is 19.8 Å². The van der Waals surface area contributed by atoms with E-state index in [1.54, 1.807) is 23.6 Å². The molecular formula is C24H21N3O6. The van der Waals surface area contributed by atoms with Crippen molar-refractivity contribution in [2.75, 3.05) is 7.11 Å². The first-order chi connectivity index (χ1) is 15.8. The standard InChI is InChI=1S/C24H21N3O6/c1-14-11-18-20(23(28)26(14)13-15-7-4-3-5-8-15)19(21(22(25)33-18)24(29)32-2)16-9-6-10-17(12-16)27(30)31/h3-12,19H,13,25H2,1-2H3. The van der Waals surface area contributed by atoms with Gasteiger partial charge >= 0.3 is 5.97 Å². The minimum Gasteiger partial charge on any atom is -0.465 e. The zero-order chi connectivity index (χ0) is 23.7. The number of methoxy groups -OCH3 is 1. The molecule has 168 valence electrons. The summed E-state index contributed by atoms with van der Waals surface area (Å²) in [5.74, 6) is -1.81. The number of benzene rings is 2. The minimum atomic E-state index is -1.00. The van der Waals surface area contributed by atoms with Gasteiger partial charge in [0.05, 0.1) is 30.1 Å². The molecule has 9 nitrogen and oxygen atoms in total. The summed E-state index contributed by atoms with van der Waals surface area (Å²) in [6.45, 7) is 2.07. The molecule has 4 rings (SSSR count). The van der Waals surface area contributed by atoms with E-state index in [-0.39, 0.29) is 34.0 Å². The highest BCUT2D eigenvalue weighted by molar-refractivity contribution is 5.92. The summed E-state index contributed by atoms with van der Waals surface area (Å²) in [5.41, 5.74) is 7.47. The largest absolute Gasteiger partial charge is 0.465 e. The zero-order valence-corrected chi connectivity index (χ0v) is 18.0. The van der Waals surface area contributed by atoms with Crippen LogP contribution in [0, 0.1) is 17.0 Å². The number of ether oxygens (including phenoxy) is 2. The van der Waals surface area contributed by atoms with Crippen molar-refractivity contribution in [2.24, 2.45) is 5.73 Å². The average Bonchev–Trinajstić information content (AvgIpc) is 2.81. The van der Waals surface area contributed by atoms with Crippen LogP contribution in [0.4, 0.5) is 5.69 Å². The van der Waals surface area contributed by atoms with Gasteiger partial charge in [0, 0.05) is 23.9 Å². The van der Waals surface area contributed by atoms with Crippen LogP contribution in [-0.2, 0) is 16.1 Å². The zero-order valence-electron chi connectivity index (χ0n) is 18.0. The topological polar surface area (TPSA) is 127 Å². The van der Waals surface area contributed by atoms with Gasteiger partial charge in [-0.1, -0.05) is 42.5 Å². The van der Waals surface area contributed by atoms with Crippen LogP contribution >= 0.6 is 0 Å². The van der Waals surface area contributed by atoms with E-state index in [9.17, 15) is 19.7 Å². The summed E-state index contributed by atoms with van der Waals surface area (Å²) in [6.07, 6.45) is 0. The normalized spacial score (nSPS) is 14.9. The Morgan fingerprint density at radius 3 is 2.58 bits per heavy atom. The average molecular weight is 447 g/mol. The lowest BCUT2D eigenvalue weighted by molar-refractivity contribution is -0.384. The number of hydrogen-bond acceptors (Lipinski definition) is 7. The number of pyridine rings is 1. The van der Waals surface area contributed by atoms with E-state index in [0.717, 1.165) is 5.56 Å². The molecule has 1 aromatic heterocycles. The first-order valence-corrected chi connectivity index (χ1v) is 10.1. The van der Waals surface area contributed by atoms with Crippen molar-refractivity contribution in [1.29, 1.82) is 0 Å². The maximum atomic E-state index is 13.7. The number of nitro groups is 1. The summed E-state index contributed by atoms with van der Waals surface area (Å²) < 4.78 is 12.1. The molecule has 1 unspecified atom stereocenters. The molecule has 2 aromatic carbocycles. The molecule has 1 atom stereocenters. The third-order valence-electron chi connectivity index (χ3n) is 5.57. The number of rotatable bonds is 5. The number of hydrogen-bond donors (Lipinski definition) is 1. The van der Waals surface area contributed by atoms with E-state index in [1.807, 2.05) is 30.3 Å². The number of fused-ring (bicyclic) bond motifs is 1. The van der Waals surface area contributed by atoms with Crippen LogP contribution in [0.1, 0.15) is 28.3 Å². The Kier molecular flexibility index (Phi) is 5.70. The van der Waals surface area contributed by atoms with E-state index in [0.29, 0.717) is 17.8 Å². The second-order valence-corrected chi connectivity index (χ2v) is 7.60. The smallest absolute Gasteiger partial charge is 0.340 e. The molecule has 1 aliphatic heterocycles. The summed E-state index contributed by atoms with van der Waals surface area (Å²) >= 11 is 0. The Morgan fingerprint density at radius 2 is 1.91 bits per heavy atom. The highest BCUT2D eigenvalue weighted by Gasteiger charge is 2.38. The van der Waals surface area contributed by atoms with Crippen LogP contribution in [0.5, 0.6) is 5.75 Å². The molecule has 2 heterocycles. The molecule has 0 spiro atoms. The van der Waals surface area contributed by atoms with Crippen molar-refractivity contribution >= 4 is 11.7 Å². The van der Waals surface area contributed by atoms with Crippen LogP contribution in [0.3, 0.4) is 0 Å². The first-order valence-electron chi connectivity index (χ1n) is 10.1. The lowest BCUT2D eigenvalue weighted by Gasteiger charge is -2.29. The number of nitrogens with zero attached hydrogens (tertiary/aromatic N) is 2. The third kappa shape index (κ3) is 3.96. The van der Waals surface area contributed by atoms with Crippen molar-refractivity contribution in [2.45, 2.75) is 19.4 Å². The maximum Gasteiger partial charge on any atom is 0.340 e. The molecule has 3 aromatic rings. The van der Waals surface area contributed by atoms with Gasteiger partial charge in [0.1, 0.15) is 11.3 Å². The van der Waals surface area contributed by atoms with E-state index in [2.05, 4.69) is 0 Å². The fourth-order valence-electron chi connectivity index (χ4n) is 4.01. The van der Waals surface area contributed by atoms with Crippen LogP contribution in [0.15, 0.2) is 76.9 Å². The molecule has 0 saturated carbocycles. The summed E-state index contributed by atoms with van der Waals surface area (Å²) in [7, 11) is 1.19. The van der Waals surface area contributed by atoms with Crippen molar-refractivity contribution in [3.05, 3.63) is 115 Å². The van der Waals surface area contributed by atoms with E-state index in [1.165, 1.54) is 25.3 Å². The molecule has 9 heteroatoms. The van der Waals surface area contributed by atoms with Crippen molar-refractivity contribution in [3.8, 4) is 5.75 Å². The van der Waals surface area contributed by atoms with E-state index in [4.69, 9.17) is 15.2 Å². The number of esters is 1. The molecule has 2 N–H and O–H groups in total. The van der Waals surface area contributed by atoms with Gasteiger partial charge in [-0.25, -0.2) is 4.79 Å². The van der Waals surface area contributed by atoms with Crippen LogP contribution in [0.25, 0.3) is 0 Å². The molecule has 0 radical (unpaired) electrons. The number of aryl methyl sites for hydroxylation is 1. The molecule has 0 aliphatic carbocycles. The van der Waals surface area contributed by atoms with Crippen molar-refractivity contribution in [3.63, 3.8) is 0 Å². The third-order valence-corrected chi connectivity index (χ3v) is 5.57. The van der Waals surface area contributed by atoms with Gasteiger partial charge in [-0.2, -0.15) is 0 Å². The van der Waals surface area contributed by atoms with Gasteiger partial charge in [0.2, 0.25) is 5.88 Å². The van der Waals surface area contributed by atoms with Gasteiger partial charge in [-0.3, -0.25) is 14.9 Å². The summed E-state index contributed by atoms with van der Waals surface area (Å²) in [6, 6.07) is 16.8. The van der Waals surface area contributed by atoms with Crippen LogP contribution in [0.2, 0.25) is 0 Å². The number of aromatic nitrogens is 1. The Bertz CT molecular complexity index is 1340. The lowest BCUT2D eigenvalue weighted by atomic mass is 9.83. The molecule has 0 fully saturated rings. The molecular weight excluding hydrogens is 426 g/mol. The minimum absolute atomic E-state index is 0.0855. The fraction of sp³-hybridized carbons (Fsp3) is 0.167. The Morgan fingerprint density at radius 1 is 1.18 bits per heavy atom. The van der Waals surface area contributed by atoms with E-state index >= 15 is 0 Å². The molecule has 1 aliphatic rings. The Balaban J connectivity index is 1.97. The van der Waals surface area contributed by atoms with E-state index < -0.39 is 16.8 Å². The van der Waals surface area contributed by atoms with Gasteiger partial charge in [-0.05, 0) is 18.1 Å². The van der Waals surface area contributed by atoms with Gasteiger partial charge in [0.25, 0.3) is 11.2 Å². The molecule has 0 saturated heterocycles. The van der Waals surface area contributed by atoms with Crippen LogP contribution in [-0.4, -0.2) is 22.6 Å².